The van der Waals surface area contributed by atoms with E-state index in [1.54, 1.807) is 4.90 Å². The lowest BCUT2D eigenvalue weighted by molar-refractivity contribution is -0.385. The summed E-state index contributed by atoms with van der Waals surface area (Å²) in [6, 6.07) is 1.18. The summed E-state index contributed by atoms with van der Waals surface area (Å²) in [5, 5.41) is 10.7. The first-order valence-corrected chi connectivity index (χ1v) is 6.72. The van der Waals surface area contributed by atoms with Gasteiger partial charge in [0.1, 0.15) is 11.3 Å². The molecule has 0 N–H and O–H groups in total. The minimum atomic E-state index is -0.588. The number of amides is 1. The maximum Gasteiger partial charge on any atom is 0.288 e. The predicted molar refractivity (Wildman–Crippen MR) is 73.9 cm³/mol. The first-order chi connectivity index (χ1) is 9.52. The smallest absolute Gasteiger partial charge is 0.288 e. The molecule has 0 aromatic carbocycles. The van der Waals surface area contributed by atoms with Crippen LogP contribution in [0.3, 0.4) is 0 Å². The zero-order valence-corrected chi connectivity index (χ0v) is 11.8. The monoisotopic (exact) mass is 298 g/mol. The molecule has 108 valence electrons. The molecule has 1 aliphatic heterocycles. The number of carbonyl (C=O) groups excluding carboxylic acids is 1. The van der Waals surface area contributed by atoms with Crippen molar-refractivity contribution in [3.05, 3.63) is 33.1 Å². The molecule has 1 aromatic heterocycles. The molecule has 0 bridgehead atoms. The normalized spacial score (nSPS) is 16.2. The first kappa shape index (κ1) is 14.7. The molecule has 0 aliphatic carbocycles. The second-order valence-electron chi connectivity index (χ2n) is 4.52. The maximum atomic E-state index is 12.4. The Hall–Kier alpha value is -1.73. The highest BCUT2D eigenvalue weighted by atomic mass is 35.5. The van der Waals surface area contributed by atoms with Crippen LogP contribution in [0.5, 0.6) is 0 Å². The fourth-order valence-electron chi connectivity index (χ4n) is 2.12. The molecule has 0 unspecified atom stereocenters. The van der Waals surface area contributed by atoms with E-state index in [1.807, 2.05) is 0 Å². The number of carbonyl (C=O) groups is 1. The Bertz CT molecular complexity index is 529. The van der Waals surface area contributed by atoms with Crippen molar-refractivity contribution in [3.8, 4) is 0 Å². The summed E-state index contributed by atoms with van der Waals surface area (Å²) < 4.78 is 0. The van der Waals surface area contributed by atoms with Gasteiger partial charge < -0.3 is 9.80 Å². The molecule has 0 saturated carbocycles. The Kier molecular flexibility index (Phi) is 4.51. The van der Waals surface area contributed by atoms with Crippen molar-refractivity contribution in [3.63, 3.8) is 0 Å². The van der Waals surface area contributed by atoms with Crippen molar-refractivity contribution in [2.75, 3.05) is 32.7 Å². The molecular weight excluding hydrogens is 284 g/mol. The molecule has 1 amide bonds. The standard InChI is InChI=1S/C12H15ClN4O3/c1-2-15-3-5-16(6-4-15)12(18)10-7-9(17(19)20)8-14-11(10)13/h7-8H,2-6H2,1H3. The second kappa shape index (κ2) is 6.15. The van der Waals surface area contributed by atoms with Crippen molar-refractivity contribution in [1.29, 1.82) is 0 Å². The Morgan fingerprint density at radius 3 is 2.65 bits per heavy atom. The van der Waals surface area contributed by atoms with Gasteiger partial charge in [-0.25, -0.2) is 4.98 Å². The molecule has 20 heavy (non-hydrogen) atoms. The van der Waals surface area contributed by atoms with Crippen LogP contribution in [0, 0.1) is 10.1 Å². The molecule has 0 spiro atoms. The molecule has 1 saturated heterocycles. The lowest BCUT2D eigenvalue weighted by atomic mass is 10.2. The molecular formula is C12H15ClN4O3. The van der Waals surface area contributed by atoms with Crippen LogP contribution >= 0.6 is 11.6 Å². The van der Waals surface area contributed by atoms with Gasteiger partial charge in [-0.05, 0) is 6.54 Å². The number of aromatic nitrogens is 1. The number of hydrogen-bond donors (Lipinski definition) is 0. The molecule has 0 atom stereocenters. The quantitative estimate of drug-likeness (QED) is 0.479. The van der Waals surface area contributed by atoms with Crippen molar-refractivity contribution >= 4 is 23.2 Å². The SMILES string of the molecule is CCN1CCN(C(=O)c2cc([N+](=O)[O-])cnc2Cl)CC1. The van der Waals surface area contributed by atoms with Crippen LogP contribution in [-0.4, -0.2) is 58.3 Å². The van der Waals surface area contributed by atoms with E-state index in [1.165, 1.54) is 6.07 Å². The predicted octanol–water partition coefficient (Wildman–Crippen LogP) is 1.42. The zero-order chi connectivity index (χ0) is 14.7. The number of halogens is 1. The number of piperazine rings is 1. The maximum absolute atomic E-state index is 12.4. The van der Waals surface area contributed by atoms with Crippen molar-refractivity contribution in [1.82, 2.24) is 14.8 Å². The van der Waals surface area contributed by atoms with E-state index in [4.69, 9.17) is 11.6 Å². The lowest BCUT2D eigenvalue weighted by Gasteiger charge is -2.34. The average Bonchev–Trinajstić information content (AvgIpc) is 2.47. The molecule has 0 radical (unpaired) electrons. The van der Waals surface area contributed by atoms with Gasteiger partial charge in [-0.3, -0.25) is 14.9 Å². The summed E-state index contributed by atoms with van der Waals surface area (Å²) in [4.78, 5) is 30.1. The van der Waals surface area contributed by atoms with E-state index in [2.05, 4.69) is 16.8 Å². The Labute approximate surface area is 121 Å². The van der Waals surface area contributed by atoms with Crippen molar-refractivity contribution in [2.45, 2.75) is 6.92 Å². The topological polar surface area (TPSA) is 79.6 Å². The summed E-state index contributed by atoms with van der Waals surface area (Å²) in [5.74, 6) is -0.304. The molecule has 2 heterocycles. The van der Waals surface area contributed by atoms with Gasteiger partial charge in [-0.15, -0.1) is 0 Å². The molecule has 1 fully saturated rings. The fraction of sp³-hybridized carbons (Fsp3) is 0.500. The Morgan fingerprint density at radius 1 is 1.45 bits per heavy atom. The van der Waals surface area contributed by atoms with Crippen LogP contribution in [0.2, 0.25) is 5.15 Å². The van der Waals surface area contributed by atoms with Crippen LogP contribution < -0.4 is 0 Å². The molecule has 1 aliphatic rings. The van der Waals surface area contributed by atoms with Gasteiger partial charge in [0.25, 0.3) is 11.6 Å². The van der Waals surface area contributed by atoms with Gasteiger partial charge in [0.2, 0.25) is 0 Å². The number of hydrogen-bond acceptors (Lipinski definition) is 5. The highest BCUT2D eigenvalue weighted by molar-refractivity contribution is 6.32. The minimum Gasteiger partial charge on any atom is -0.336 e. The van der Waals surface area contributed by atoms with Crippen molar-refractivity contribution < 1.29 is 9.72 Å². The molecule has 2 rings (SSSR count). The minimum absolute atomic E-state index is 0.00137. The number of nitro groups is 1. The molecule has 8 heteroatoms. The average molecular weight is 299 g/mol. The van der Waals surface area contributed by atoms with E-state index < -0.39 is 4.92 Å². The third-order valence-corrected chi connectivity index (χ3v) is 3.67. The van der Waals surface area contributed by atoms with Gasteiger partial charge >= 0.3 is 0 Å². The van der Waals surface area contributed by atoms with Gasteiger partial charge in [0.15, 0.2) is 0 Å². The van der Waals surface area contributed by atoms with Crippen LogP contribution in [0.4, 0.5) is 5.69 Å². The van der Waals surface area contributed by atoms with E-state index in [-0.39, 0.29) is 22.3 Å². The first-order valence-electron chi connectivity index (χ1n) is 6.34. The number of rotatable bonds is 3. The van der Waals surface area contributed by atoms with Crippen LogP contribution in [0.1, 0.15) is 17.3 Å². The summed E-state index contributed by atoms with van der Waals surface area (Å²) in [5.41, 5.74) is -0.143. The van der Waals surface area contributed by atoms with Gasteiger partial charge in [0.05, 0.1) is 10.5 Å². The lowest BCUT2D eigenvalue weighted by Crippen LogP contribution is -2.48. The summed E-state index contributed by atoms with van der Waals surface area (Å²) in [6.45, 7) is 5.78. The van der Waals surface area contributed by atoms with Gasteiger partial charge in [0, 0.05) is 32.2 Å². The van der Waals surface area contributed by atoms with Crippen LogP contribution in [0.15, 0.2) is 12.3 Å². The van der Waals surface area contributed by atoms with Crippen LogP contribution in [0.25, 0.3) is 0 Å². The summed E-state index contributed by atoms with van der Waals surface area (Å²) >= 11 is 5.88. The second-order valence-corrected chi connectivity index (χ2v) is 4.87. The summed E-state index contributed by atoms with van der Waals surface area (Å²) in [7, 11) is 0. The third-order valence-electron chi connectivity index (χ3n) is 3.37. The van der Waals surface area contributed by atoms with Gasteiger partial charge in [-0.1, -0.05) is 18.5 Å². The largest absolute Gasteiger partial charge is 0.336 e. The van der Waals surface area contributed by atoms with E-state index >= 15 is 0 Å². The Morgan fingerprint density at radius 2 is 2.10 bits per heavy atom. The van der Waals surface area contributed by atoms with E-state index in [9.17, 15) is 14.9 Å². The number of nitrogens with zero attached hydrogens (tertiary/aromatic N) is 4. The van der Waals surface area contributed by atoms with Gasteiger partial charge in [-0.2, -0.15) is 0 Å². The number of pyridine rings is 1. The zero-order valence-electron chi connectivity index (χ0n) is 11.1. The summed E-state index contributed by atoms with van der Waals surface area (Å²) in [6.07, 6.45) is 1.05. The number of likely N-dealkylation sites (N-methyl/N-ethyl adjacent to an activating group) is 1. The van der Waals surface area contributed by atoms with E-state index in [0.717, 1.165) is 25.8 Å². The molecule has 1 aromatic rings. The highest BCUT2D eigenvalue weighted by Gasteiger charge is 2.25. The Balaban J connectivity index is 2.17. The highest BCUT2D eigenvalue weighted by Crippen LogP contribution is 2.21. The van der Waals surface area contributed by atoms with E-state index in [0.29, 0.717) is 13.1 Å². The third kappa shape index (κ3) is 3.05. The fourth-order valence-corrected chi connectivity index (χ4v) is 2.31. The van der Waals surface area contributed by atoms with Crippen LogP contribution in [-0.2, 0) is 0 Å². The van der Waals surface area contributed by atoms with Crippen molar-refractivity contribution in [2.24, 2.45) is 0 Å². The molecule has 7 nitrogen and oxygen atoms in total.